The zero-order valence-corrected chi connectivity index (χ0v) is 17.5. The minimum Gasteiger partial charge on any atom is -0.0693 e. The summed E-state index contributed by atoms with van der Waals surface area (Å²) in [5.41, 5.74) is 1.82. The first-order valence-electron chi connectivity index (χ1n) is 9.41. The first kappa shape index (κ1) is 17.9. The number of hydrogen-bond donors (Lipinski definition) is 0. The predicted molar refractivity (Wildman–Crippen MR) is 113 cm³/mol. The standard InChI is InChI=1S/C22H31PSi/c1-5-18-16-17-21(24(2,3)4)22(18)23(19-12-8-6-9-13-19)20-14-10-7-11-15-20/h6-15,18,21-22H,5,16-17H2,1-4H3. The van der Waals surface area contributed by atoms with Gasteiger partial charge in [0.25, 0.3) is 0 Å². The van der Waals surface area contributed by atoms with E-state index in [0.29, 0.717) is 0 Å². The van der Waals surface area contributed by atoms with Gasteiger partial charge in [-0.3, -0.25) is 0 Å². The lowest BCUT2D eigenvalue weighted by molar-refractivity contribution is 0.537. The summed E-state index contributed by atoms with van der Waals surface area (Å²) in [5, 5.41) is 3.15. The van der Waals surface area contributed by atoms with Crippen LogP contribution in [0.2, 0.25) is 25.2 Å². The summed E-state index contributed by atoms with van der Waals surface area (Å²) in [7, 11) is -1.42. The Morgan fingerprint density at radius 2 is 1.33 bits per heavy atom. The number of benzene rings is 2. The zero-order chi connectivity index (χ0) is 17.2. The highest BCUT2D eigenvalue weighted by atomic mass is 31.1. The quantitative estimate of drug-likeness (QED) is 0.455. The molecule has 0 amide bonds. The van der Waals surface area contributed by atoms with Gasteiger partial charge >= 0.3 is 0 Å². The van der Waals surface area contributed by atoms with Crippen LogP contribution in [0.4, 0.5) is 0 Å². The largest absolute Gasteiger partial charge is 0.0693 e. The van der Waals surface area contributed by atoms with Crippen molar-refractivity contribution in [3.05, 3.63) is 60.7 Å². The van der Waals surface area contributed by atoms with Crippen LogP contribution in [0.25, 0.3) is 0 Å². The molecule has 1 saturated carbocycles. The molecule has 2 aromatic rings. The van der Waals surface area contributed by atoms with Crippen molar-refractivity contribution in [2.45, 2.75) is 57.0 Å². The molecule has 0 heterocycles. The summed E-state index contributed by atoms with van der Waals surface area (Å²) >= 11 is 0. The molecule has 128 valence electrons. The molecule has 0 bridgehead atoms. The van der Waals surface area contributed by atoms with E-state index in [-0.39, 0.29) is 7.92 Å². The topological polar surface area (TPSA) is 0 Å². The first-order chi connectivity index (χ1) is 11.5. The minimum absolute atomic E-state index is 0.266. The molecule has 0 aliphatic heterocycles. The van der Waals surface area contributed by atoms with Crippen molar-refractivity contribution in [3.8, 4) is 0 Å². The van der Waals surface area contributed by atoms with Crippen molar-refractivity contribution in [2.75, 3.05) is 0 Å². The molecule has 3 unspecified atom stereocenters. The van der Waals surface area contributed by atoms with Crippen molar-refractivity contribution >= 4 is 26.6 Å². The molecule has 0 spiro atoms. The summed E-state index contributed by atoms with van der Waals surface area (Å²) in [6, 6.07) is 22.8. The molecule has 3 atom stereocenters. The van der Waals surface area contributed by atoms with E-state index in [2.05, 4.69) is 87.2 Å². The fraction of sp³-hybridized carbons (Fsp3) is 0.455. The monoisotopic (exact) mass is 354 g/mol. The summed E-state index contributed by atoms with van der Waals surface area (Å²) in [6.07, 6.45) is 4.23. The summed E-state index contributed by atoms with van der Waals surface area (Å²) in [5.74, 6) is 0.897. The van der Waals surface area contributed by atoms with Crippen LogP contribution in [0.5, 0.6) is 0 Å². The fourth-order valence-electron chi connectivity index (χ4n) is 4.52. The van der Waals surface area contributed by atoms with Gasteiger partial charge in [-0.05, 0) is 42.1 Å². The maximum absolute atomic E-state index is 2.59. The van der Waals surface area contributed by atoms with Crippen LogP contribution in [0, 0.1) is 5.92 Å². The molecule has 1 aliphatic carbocycles. The molecule has 0 radical (unpaired) electrons. The molecule has 24 heavy (non-hydrogen) atoms. The fourth-order valence-corrected chi connectivity index (χ4v) is 11.9. The summed E-state index contributed by atoms with van der Waals surface area (Å²) in [6.45, 7) is 10.2. The van der Waals surface area contributed by atoms with E-state index in [1.165, 1.54) is 19.3 Å². The Morgan fingerprint density at radius 3 is 1.75 bits per heavy atom. The maximum Gasteiger partial charge on any atom is 0.0480 e. The Labute approximate surface area is 150 Å². The molecule has 2 aromatic carbocycles. The Kier molecular flexibility index (Phi) is 5.62. The van der Waals surface area contributed by atoms with E-state index in [1.807, 2.05) is 0 Å². The van der Waals surface area contributed by atoms with E-state index >= 15 is 0 Å². The highest BCUT2D eigenvalue weighted by Gasteiger charge is 2.46. The van der Waals surface area contributed by atoms with Crippen molar-refractivity contribution in [1.29, 1.82) is 0 Å². The normalized spacial score (nSPS) is 24.5. The third kappa shape index (κ3) is 3.68. The molecule has 2 heteroatoms. The van der Waals surface area contributed by atoms with Gasteiger partial charge in [0, 0.05) is 8.07 Å². The average molecular weight is 355 g/mol. The van der Waals surface area contributed by atoms with Crippen LogP contribution in [-0.4, -0.2) is 13.7 Å². The Morgan fingerprint density at radius 1 is 0.833 bits per heavy atom. The van der Waals surface area contributed by atoms with E-state index in [1.54, 1.807) is 10.6 Å². The van der Waals surface area contributed by atoms with E-state index in [0.717, 1.165) is 17.1 Å². The molecule has 3 rings (SSSR count). The highest BCUT2D eigenvalue weighted by Crippen LogP contribution is 2.58. The van der Waals surface area contributed by atoms with E-state index < -0.39 is 8.07 Å². The van der Waals surface area contributed by atoms with Crippen LogP contribution in [0.3, 0.4) is 0 Å². The molecule has 0 nitrogen and oxygen atoms in total. The Balaban J connectivity index is 2.09. The third-order valence-electron chi connectivity index (χ3n) is 5.75. The summed E-state index contributed by atoms with van der Waals surface area (Å²) in [4.78, 5) is 0. The lowest BCUT2D eigenvalue weighted by Crippen LogP contribution is -2.37. The van der Waals surface area contributed by atoms with Crippen LogP contribution < -0.4 is 10.6 Å². The van der Waals surface area contributed by atoms with Gasteiger partial charge in [0.05, 0.1) is 0 Å². The average Bonchev–Trinajstić information content (AvgIpc) is 3.01. The van der Waals surface area contributed by atoms with Gasteiger partial charge in [0.1, 0.15) is 0 Å². The van der Waals surface area contributed by atoms with Crippen LogP contribution in [0.1, 0.15) is 26.2 Å². The van der Waals surface area contributed by atoms with Gasteiger partial charge in [-0.25, -0.2) is 0 Å². The second-order valence-corrected chi connectivity index (χ2v) is 16.1. The SMILES string of the molecule is CCC1CCC([Si](C)(C)C)C1P(c1ccccc1)c1ccccc1. The van der Waals surface area contributed by atoms with Crippen molar-refractivity contribution in [3.63, 3.8) is 0 Å². The van der Waals surface area contributed by atoms with E-state index in [4.69, 9.17) is 0 Å². The second-order valence-electron chi connectivity index (χ2n) is 8.25. The van der Waals surface area contributed by atoms with Crippen LogP contribution in [0.15, 0.2) is 60.7 Å². The molecule has 0 aromatic heterocycles. The molecule has 0 saturated heterocycles. The van der Waals surface area contributed by atoms with Gasteiger partial charge in [-0.15, -0.1) is 0 Å². The number of hydrogen-bond acceptors (Lipinski definition) is 0. The molecular weight excluding hydrogens is 323 g/mol. The minimum atomic E-state index is -1.16. The molecule has 1 fully saturated rings. The molecular formula is C22H31PSi. The van der Waals surface area contributed by atoms with Crippen LogP contribution >= 0.6 is 7.92 Å². The highest BCUT2D eigenvalue weighted by molar-refractivity contribution is 7.73. The Bertz CT molecular complexity index is 593. The van der Waals surface area contributed by atoms with Gasteiger partial charge in [0.15, 0.2) is 0 Å². The maximum atomic E-state index is 2.59. The predicted octanol–water partition coefficient (Wildman–Crippen LogP) is 6.02. The lowest BCUT2D eigenvalue weighted by atomic mass is 10.1. The summed E-state index contributed by atoms with van der Waals surface area (Å²) < 4.78 is 0. The molecule has 1 aliphatic rings. The third-order valence-corrected chi connectivity index (χ3v) is 12.0. The number of rotatable bonds is 5. The van der Waals surface area contributed by atoms with Crippen LogP contribution in [-0.2, 0) is 0 Å². The Hall–Kier alpha value is -0.913. The van der Waals surface area contributed by atoms with Crippen molar-refractivity contribution < 1.29 is 0 Å². The lowest BCUT2D eigenvalue weighted by Gasteiger charge is -2.39. The zero-order valence-electron chi connectivity index (χ0n) is 15.6. The van der Waals surface area contributed by atoms with Gasteiger partial charge in [-0.2, -0.15) is 0 Å². The first-order valence-corrected chi connectivity index (χ1v) is 14.4. The van der Waals surface area contributed by atoms with Crippen molar-refractivity contribution in [2.24, 2.45) is 5.92 Å². The smallest absolute Gasteiger partial charge is 0.0480 e. The molecule has 0 N–H and O–H groups in total. The van der Waals surface area contributed by atoms with Gasteiger partial charge in [0.2, 0.25) is 0 Å². The van der Waals surface area contributed by atoms with Gasteiger partial charge in [-0.1, -0.05) is 100 Å². The van der Waals surface area contributed by atoms with Gasteiger partial charge < -0.3 is 0 Å². The van der Waals surface area contributed by atoms with E-state index in [9.17, 15) is 0 Å². The van der Waals surface area contributed by atoms with Crippen molar-refractivity contribution in [1.82, 2.24) is 0 Å². The second kappa shape index (κ2) is 7.54.